The zero-order chi connectivity index (χ0) is 15.1. The minimum absolute atomic E-state index is 0.105. The summed E-state index contributed by atoms with van der Waals surface area (Å²) >= 11 is 0. The number of hydrogen-bond acceptors (Lipinski definition) is 4. The molecule has 0 atom stereocenters. The predicted molar refractivity (Wildman–Crippen MR) is 79.6 cm³/mol. The van der Waals surface area contributed by atoms with Crippen molar-refractivity contribution < 1.29 is 19.0 Å². The van der Waals surface area contributed by atoms with Gasteiger partial charge in [-0.2, -0.15) is 0 Å². The van der Waals surface area contributed by atoms with E-state index in [-0.39, 0.29) is 5.78 Å². The molecule has 0 aromatic heterocycles. The molecule has 0 saturated heterocycles. The molecule has 0 spiro atoms. The Hall–Kier alpha value is -1.97. The van der Waals surface area contributed by atoms with Crippen molar-refractivity contribution >= 4 is 11.9 Å². The Morgan fingerprint density at radius 1 is 1.10 bits per heavy atom. The zero-order valence-corrected chi connectivity index (χ0v) is 12.7. The fraction of sp³-hybridized carbons (Fsp3) is 0.438. The lowest BCUT2D eigenvalue weighted by molar-refractivity contribution is -0.115. The van der Waals surface area contributed by atoms with Gasteiger partial charge in [0.05, 0.1) is 21.3 Å². The van der Waals surface area contributed by atoms with Gasteiger partial charge in [-0.1, -0.05) is 19.9 Å². The van der Waals surface area contributed by atoms with Crippen molar-refractivity contribution in [1.82, 2.24) is 0 Å². The summed E-state index contributed by atoms with van der Waals surface area (Å²) in [4.78, 5) is 11.7. The molecule has 0 bridgehead atoms. The lowest BCUT2D eigenvalue weighted by Gasteiger charge is -2.12. The molecular formula is C16H22O4. The minimum atomic E-state index is 0.105. The topological polar surface area (TPSA) is 44.8 Å². The normalized spacial score (nSPS) is 10.9. The highest BCUT2D eigenvalue weighted by Gasteiger charge is 2.12. The second-order valence-corrected chi connectivity index (χ2v) is 4.86. The van der Waals surface area contributed by atoms with Crippen LogP contribution in [-0.4, -0.2) is 27.1 Å². The first-order chi connectivity index (χ1) is 9.51. The summed E-state index contributed by atoms with van der Waals surface area (Å²) in [7, 11) is 4.69. The van der Waals surface area contributed by atoms with Crippen molar-refractivity contribution in [3.05, 3.63) is 23.8 Å². The van der Waals surface area contributed by atoms with Crippen LogP contribution in [0.5, 0.6) is 17.2 Å². The molecule has 0 aliphatic rings. The van der Waals surface area contributed by atoms with Crippen LogP contribution >= 0.6 is 0 Å². The first kappa shape index (κ1) is 16.1. The summed E-state index contributed by atoms with van der Waals surface area (Å²) in [6.45, 7) is 4.04. The van der Waals surface area contributed by atoms with Gasteiger partial charge in [-0.3, -0.25) is 4.79 Å². The van der Waals surface area contributed by atoms with E-state index in [9.17, 15) is 4.79 Å². The fourth-order valence-corrected chi connectivity index (χ4v) is 1.86. The Bertz CT molecular complexity index is 464. The molecule has 0 aliphatic heterocycles. The van der Waals surface area contributed by atoms with Gasteiger partial charge in [-0.25, -0.2) is 0 Å². The largest absolute Gasteiger partial charge is 0.493 e. The maximum atomic E-state index is 11.7. The molecule has 0 fully saturated rings. The number of benzene rings is 1. The van der Waals surface area contributed by atoms with Crippen LogP contribution < -0.4 is 14.2 Å². The van der Waals surface area contributed by atoms with Gasteiger partial charge in [0.2, 0.25) is 5.75 Å². The van der Waals surface area contributed by atoms with Gasteiger partial charge in [-0.15, -0.1) is 0 Å². The number of rotatable bonds is 7. The summed E-state index contributed by atoms with van der Waals surface area (Å²) < 4.78 is 15.8. The van der Waals surface area contributed by atoms with Crippen molar-refractivity contribution in [2.75, 3.05) is 21.3 Å². The van der Waals surface area contributed by atoms with Gasteiger partial charge < -0.3 is 14.2 Å². The van der Waals surface area contributed by atoms with Crippen LogP contribution in [0.15, 0.2) is 18.2 Å². The maximum Gasteiger partial charge on any atom is 0.203 e. The smallest absolute Gasteiger partial charge is 0.203 e. The average Bonchev–Trinajstić information content (AvgIpc) is 2.42. The van der Waals surface area contributed by atoms with Crippen LogP contribution in [-0.2, 0) is 4.79 Å². The molecule has 1 aromatic carbocycles. The quantitative estimate of drug-likeness (QED) is 0.718. The summed E-state index contributed by atoms with van der Waals surface area (Å²) in [5.74, 6) is 2.15. The van der Waals surface area contributed by atoms with Crippen LogP contribution in [0.4, 0.5) is 0 Å². The molecule has 0 N–H and O–H groups in total. The van der Waals surface area contributed by atoms with Crippen LogP contribution in [0.1, 0.15) is 25.8 Å². The SMILES string of the molecule is COc1cc(/C=C/C(=O)CC(C)C)cc(OC)c1OC. The van der Waals surface area contributed by atoms with Gasteiger partial charge >= 0.3 is 0 Å². The molecule has 0 unspecified atom stereocenters. The number of hydrogen-bond donors (Lipinski definition) is 0. The third-order valence-corrected chi connectivity index (χ3v) is 2.76. The second-order valence-electron chi connectivity index (χ2n) is 4.86. The van der Waals surface area contributed by atoms with E-state index < -0.39 is 0 Å². The van der Waals surface area contributed by atoms with Gasteiger partial charge in [0.25, 0.3) is 0 Å². The molecule has 4 heteroatoms. The zero-order valence-electron chi connectivity index (χ0n) is 12.7. The third-order valence-electron chi connectivity index (χ3n) is 2.76. The molecule has 20 heavy (non-hydrogen) atoms. The number of methoxy groups -OCH3 is 3. The van der Waals surface area contributed by atoms with E-state index in [4.69, 9.17) is 14.2 Å². The predicted octanol–water partition coefficient (Wildman–Crippen LogP) is 3.34. The second kappa shape index (κ2) is 7.58. The lowest BCUT2D eigenvalue weighted by Crippen LogP contribution is -1.98. The Morgan fingerprint density at radius 3 is 2.05 bits per heavy atom. The average molecular weight is 278 g/mol. The van der Waals surface area contributed by atoms with E-state index in [0.717, 1.165) is 5.56 Å². The summed E-state index contributed by atoms with van der Waals surface area (Å²) in [5.41, 5.74) is 0.830. The van der Waals surface area contributed by atoms with Gasteiger partial charge in [0.15, 0.2) is 17.3 Å². The first-order valence-corrected chi connectivity index (χ1v) is 6.52. The van der Waals surface area contributed by atoms with Crippen molar-refractivity contribution in [3.8, 4) is 17.2 Å². The molecule has 4 nitrogen and oxygen atoms in total. The van der Waals surface area contributed by atoms with E-state index in [2.05, 4.69) is 0 Å². The van der Waals surface area contributed by atoms with Crippen molar-refractivity contribution in [3.63, 3.8) is 0 Å². The van der Waals surface area contributed by atoms with Crippen LogP contribution in [0.2, 0.25) is 0 Å². The number of carbonyl (C=O) groups excluding carboxylic acids is 1. The van der Waals surface area contributed by atoms with E-state index in [1.165, 1.54) is 0 Å². The van der Waals surface area contributed by atoms with Crippen LogP contribution in [0.25, 0.3) is 6.08 Å². The molecule has 0 aliphatic carbocycles. The number of ether oxygens (including phenoxy) is 3. The molecule has 110 valence electrons. The summed E-state index contributed by atoms with van der Waals surface area (Å²) in [6.07, 6.45) is 3.89. The van der Waals surface area contributed by atoms with Crippen molar-refractivity contribution in [1.29, 1.82) is 0 Å². The molecule has 0 radical (unpaired) electrons. The van der Waals surface area contributed by atoms with Crippen molar-refractivity contribution in [2.45, 2.75) is 20.3 Å². The van der Waals surface area contributed by atoms with Crippen LogP contribution in [0.3, 0.4) is 0 Å². The van der Waals surface area contributed by atoms with Gasteiger partial charge in [0, 0.05) is 6.42 Å². The number of ketones is 1. The standard InChI is InChI=1S/C16H22O4/c1-11(2)8-13(17)7-6-12-9-14(18-3)16(20-5)15(10-12)19-4/h6-7,9-11H,8H2,1-5H3/b7-6+. The van der Waals surface area contributed by atoms with Gasteiger partial charge in [0.1, 0.15) is 0 Å². The fourth-order valence-electron chi connectivity index (χ4n) is 1.86. The van der Waals surface area contributed by atoms with E-state index in [1.54, 1.807) is 45.6 Å². The summed E-state index contributed by atoms with van der Waals surface area (Å²) in [5, 5.41) is 0. The Balaban J connectivity index is 3.02. The lowest BCUT2D eigenvalue weighted by atomic mass is 10.1. The highest BCUT2D eigenvalue weighted by atomic mass is 16.5. The highest BCUT2D eigenvalue weighted by Crippen LogP contribution is 2.38. The monoisotopic (exact) mass is 278 g/mol. The van der Waals surface area contributed by atoms with Crippen LogP contribution in [0, 0.1) is 5.92 Å². The Morgan fingerprint density at radius 2 is 1.65 bits per heavy atom. The van der Waals surface area contributed by atoms with E-state index in [1.807, 2.05) is 13.8 Å². The molecule has 0 saturated carbocycles. The highest BCUT2D eigenvalue weighted by molar-refractivity contribution is 5.93. The Kier molecular flexibility index (Phi) is 6.10. The summed E-state index contributed by atoms with van der Waals surface area (Å²) in [6, 6.07) is 3.61. The van der Waals surface area contributed by atoms with E-state index in [0.29, 0.717) is 29.6 Å². The Labute approximate surface area is 120 Å². The minimum Gasteiger partial charge on any atom is -0.493 e. The van der Waals surface area contributed by atoms with Gasteiger partial charge in [-0.05, 0) is 29.7 Å². The van der Waals surface area contributed by atoms with Crippen molar-refractivity contribution in [2.24, 2.45) is 5.92 Å². The third kappa shape index (κ3) is 4.30. The number of allylic oxidation sites excluding steroid dienone is 1. The molecule has 0 heterocycles. The first-order valence-electron chi connectivity index (χ1n) is 6.52. The number of carbonyl (C=O) groups is 1. The maximum absolute atomic E-state index is 11.7. The molecular weight excluding hydrogens is 256 g/mol. The molecule has 0 amide bonds. The van der Waals surface area contributed by atoms with E-state index >= 15 is 0 Å². The molecule has 1 aromatic rings. The molecule has 1 rings (SSSR count).